The van der Waals surface area contributed by atoms with E-state index in [1.165, 1.54) is 76.8 Å². The van der Waals surface area contributed by atoms with Gasteiger partial charge in [-0.1, -0.05) is 85.0 Å². The third-order valence-electron chi connectivity index (χ3n) is 10.7. The van der Waals surface area contributed by atoms with Crippen molar-refractivity contribution < 1.29 is 8.83 Å². The largest absolute Gasteiger partial charge is 0.456 e. The minimum atomic E-state index is 0.933. The van der Waals surface area contributed by atoms with Crippen LogP contribution in [0.3, 0.4) is 0 Å². The van der Waals surface area contributed by atoms with E-state index in [-0.39, 0.29) is 0 Å². The Morgan fingerprint density at radius 2 is 0.792 bits per heavy atom. The van der Waals surface area contributed by atoms with Crippen molar-refractivity contribution in [2.75, 3.05) is 0 Å². The molecular formula is C46H30O2. The van der Waals surface area contributed by atoms with Gasteiger partial charge in [0.25, 0.3) is 0 Å². The molecule has 0 N–H and O–H groups in total. The van der Waals surface area contributed by atoms with Crippen molar-refractivity contribution in [3.63, 3.8) is 0 Å². The highest BCUT2D eigenvalue weighted by molar-refractivity contribution is 6.23. The Kier molecular flexibility index (Phi) is 5.37. The Balaban J connectivity index is 1.16. The van der Waals surface area contributed by atoms with Gasteiger partial charge >= 0.3 is 0 Å². The first-order valence-corrected chi connectivity index (χ1v) is 17.0. The van der Waals surface area contributed by atoms with Gasteiger partial charge in [-0.05, 0) is 140 Å². The first-order chi connectivity index (χ1) is 23.8. The van der Waals surface area contributed by atoms with Gasteiger partial charge in [-0.25, -0.2) is 0 Å². The predicted octanol–water partition coefficient (Wildman–Crippen LogP) is 13.0. The number of furan rings is 2. The highest BCUT2D eigenvalue weighted by Crippen LogP contribution is 2.46. The van der Waals surface area contributed by atoms with Crippen LogP contribution in [0.25, 0.3) is 99.8 Å². The second-order valence-corrected chi connectivity index (χ2v) is 13.4. The normalized spacial score (nSPS) is 14.2. The number of benzene rings is 7. The summed E-state index contributed by atoms with van der Waals surface area (Å²) in [6.45, 7) is 0. The molecule has 0 atom stereocenters. The van der Waals surface area contributed by atoms with Crippen LogP contribution in [0.5, 0.6) is 0 Å². The van der Waals surface area contributed by atoms with E-state index in [0.29, 0.717) is 0 Å². The number of hydrogen-bond acceptors (Lipinski definition) is 2. The lowest BCUT2D eigenvalue weighted by molar-refractivity contribution is 0.667. The molecule has 0 unspecified atom stereocenters. The van der Waals surface area contributed by atoms with Crippen LogP contribution in [0, 0.1) is 0 Å². The Labute approximate surface area is 277 Å². The van der Waals surface area contributed by atoms with Crippen LogP contribution in [-0.2, 0) is 12.8 Å². The lowest BCUT2D eigenvalue weighted by Gasteiger charge is -2.18. The molecule has 2 aliphatic rings. The smallest absolute Gasteiger partial charge is 0.135 e. The molecule has 2 aromatic heterocycles. The number of fused-ring (bicyclic) bond motifs is 10. The molecular weight excluding hydrogens is 585 g/mol. The van der Waals surface area contributed by atoms with Gasteiger partial charge in [0.05, 0.1) is 0 Å². The van der Waals surface area contributed by atoms with Crippen molar-refractivity contribution in [3.8, 4) is 22.3 Å². The zero-order valence-electron chi connectivity index (χ0n) is 26.3. The minimum Gasteiger partial charge on any atom is -0.456 e. The van der Waals surface area contributed by atoms with E-state index in [9.17, 15) is 0 Å². The molecule has 226 valence electrons. The van der Waals surface area contributed by atoms with Crippen molar-refractivity contribution in [1.29, 1.82) is 0 Å². The van der Waals surface area contributed by atoms with E-state index >= 15 is 0 Å². The zero-order chi connectivity index (χ0) is 31.3. The fraction of sp³-hybridized carbons (Fsp3) is 0.0870. The van der Waals surface area contributed by atoms with Gasteiger partial charge in [0.1, 0.15) is 22.3 Å². The van der Waals surface area contributed by atoms with Gasteiger partial charge in [-0.3, -0.25) is 0 Å². The Bertz CT molecular complexity index is 2640. The molecule has 2 aliphatic carbocycles. The fourth-order valence-electron chi connectivity index (χ4n) is 8.47. The van der Waals surface area contributed by atoms with Crippen LogP contribution in [-0.4, -0.2) is 0 Å². The van der Waals surface area contributed by atoms with Crippen LogP contribution in [0.1, 0.15) is 35.1 Å². The monoisotopic (exact) mass is 614 g/mol. The summed E-state index contributed by atoms with van der Waals surface area (Å²) in [5.74, 6) is 0. The van der Waals surface area contributed by atoms with Crippen LogP contribution < -0.4 is 0 Å². The van der Waals surface area contributed by atoms with Gasteiger partial charge in [0.2, 0.25) is 0 Å². The molecule has 48 heavy (non-hydrogen) atoms. The lowest BCUT2D eigenvalue weighted by atomic mass is 9.85. The molecule has 0 spiro atoms. The number of hydrogen-bond donors (Lipinski definition) is 0. The summed E-state index contributed by atoms with van der Waals surface area (Å²) in [4.78, 5) is 0. The molecule has 2 nitrogen and oxygen atoms in total. The molecule has 7 aromatic carbocycles. The average Bonchev–Trinajstić information content (AvgIpc) is 3.68. The third kappa shape index (κ3) is 3.74. The average molecular weight is 615 g/mol. The minimum absolute atomic E-state index is 0.933. The first-order valence-electron chi connectivity index (χ1n) is 17.0. The lowest BCUT2D eigenvalue weighted by Crippen LogP contribution is -1.93. The SMILES string of the molecule is C1=Cc2cc3c(cc2CC1)oc1ccc(-c2c4ccccc4c(-c4ccc5oc6cc7c(cc6c5c4)C=CCC7)c4ccccc24)cc13. The standard InChI is InChI=1S/C46H30O2/c1-3-11-29-25-43-39(21-27(29)9-1)37-23-31(17-19-41(37)47-43)45-33-13-5-7-15-35(33)46(36-16-8-6-14-34(36)45)32-18-20-42-38(24-32)40-22-28-10-2-4-12-30(28)26-44(40)48-42/h1-2,5-10,13-26H,3-4,11-12H2. The van der Waals surface area contributed by atoms with Gasteiger partial charge in [-0.2, -0.15) is 0 Å². The van der Waals surface area contributed by atoms with E-state index < -0.39 is 0 Å². The molecule has 0 amide bonds. The van der Waals surface area contributed by atoms with Crippen molar-refractivity contribution >= 4 is 77.6 Å². The summed E-state index contributed by atoms with van der Waals surface area (Å²) >= 11 is 0. The highest BCUT2D eigenvalue weighted by atomic mass is 16.3. The van der Waals surface area contributed by atoms with Crippen molar-refractivity contribution in [3.05, 3.63) is 144 Å². The van der Waals surface area contributed by atoms with Crippen LogP contribution in [0.4, 0.5) is 0 Å². The van der Waals surface area contributed by atoms with Crippen molar-refractivity contribution in [2.45, 2.75) is 25.7 Å². The molecule has 0 saturated carbocycles. The number of aryl methyl sites for hydroxylation is 2. The van der Waals surface area contributed by atoms with Crippen molar-refractivity contribution in [2.24, 2.45) is 0 Å². The molecule has 2 heteroatoms. The van der Waals surface area contributed by atoms with E-state index in [1.807, 2.05) is 0 Å². The van der Waals surface area contributed by atoms with Crippen LogP contribution >= 0.6 is 0 Å². The second kappa shape index (κ2) is 9.82. The summed E-state index contributed by atoms with van der Waals surface area (Å²) in [5, 5.41) is 9.67. The topological polar surface area (TPSA) is 26.3 Å². The van der Waals surface area contributed by atoms with Gasteiger partial charge in [0, 0.05) is 21.5 Å². The second-order valence-electron chi connectivity index (χ2n) is 13.4. The molecule has 0 aliphatic heterocycles. The van der Waals surface area contributed by atoms with E-state index in [0.717, 1.165) is 58.8 Å². The maximum absolute atomic E-state index is 6.42. The molecule has 11 rings (SSSR count). The summed E-state index contributed by atoms with van der Waals surface area (Å²) in [7, 11) is 0. The Hall–Kier alpha value is -5.86. The van der Waals surface area contributed by atoms with Crippen molar-refractivity contribution in [1.82, 2.24) is 0 Å². The zero-order valence-corrected chi connectivity index (χ0v) is 26.3. The van der Waals surface area contributed by atoms with Crippen LogP contribution in [0.2, 0.25) is 0 Å². The molecule has 0 radical (unpaired) electrons. The Morgan fingerprint density at radius 3 is 1.23 bits per heavy atom. The molecule has 2 heterocycles. The fourth-order valence-corrected chi connectivity index (χ4v) is 8.47. The number of rotatable bonds is 2. The maximum atomic E-state index is 6.42. The van der Waals surface area contributed by atoms with E-state index in [4.69, 9.17) is 8.83 Å². The summed E-state index contributed by atoms with van der Waals surface area (Å²) in [6, 6.07) is 40.4. The summed E-state index contributed by atoms with van der Waals surface area (Å²) in [6.07, 6.45) is 13.4. The summed E-state index contributed by atoms with van der Waals surface area (Å²) < 4.78 is 12.8. The first kappa shape index (κ1) is 26.2. The third-order valence-corrected chi connectivity index (χ3v) is 10.7. The van der Waals surface area contributed by atoms with E-state index in [2.05, 4.69) is 133 Å². The van der Waals surface area contributed by atoms with Gasteiger partial charge in [-0.15, -0.1) is 0 Å². The van der Waals surface area contributed by atoms with Crippen LogP contribution in [0.15, 0.2) is 130 Å². The van der Waals surface area contributed by atoms with Gasteiger partial charge in [0.15, 0.2) is 0 Å². The summed E-state index contributed by atoms with van der Waals surface area (Å²) in [5.41, 5.74) is 14.1. The molecule has 0 saturated heterocycles. The predicted molar refractivity (Wildman–Crippen MR) is 202 cm³/mol. The van der Waals surface area contributed by atoms with Gasteiger partial charge < -0.3 is 8.83 Å². The maximum Gasteiger partial charge on any atom is 0.135 e. The molecule has 0 fully saturated rings. The highest BCUT2D eigenvalue weighted by Gasteiger charge is 2.20. The Morgan fingerprint density at radius 1 is 0.375 bits per heavy atom. The quantitative estimate of drug-likeness (QED) is 0.181. The van der Waals surface area contributed by atoms with E-state index in [1.54, 1.807) is 0 Å². The number of allylic oxidation sites excluding steroid dienone is 2. The molecule has 0 bridgehead atoms. The molecule has 9 aromatic rings.